The number of hydrogen-bond acceptors (Lipinski definition) is 5. The van der Waals surface area contributed by atoms with Crippen molar-refractivity contribution >= 4 is 42.4 Å². The maximum absolute atomic E-state index is 13.7. The molecule has 0 atom stereocenters. The van der Waals surface area contributed by atoms with Crippen molar-refractivity contribution in [3.8, 4) is 5.75 Å². The molecule has 0 radical (unpaired) electrons. The number of rotatable bonds is 5. The van der Waals surface area contributed by atoms with Crippen LogP contribution in [-0.4, -0.2) is 46.3 Å². The number of nitrogens with one attached hydrogen (secondary N) is 1. The summed E-state index contributed by atoms with van der Waals surface area (Å²) in [6.45, 7) is 3.35. The van der Waals surface area contributed by atoms with Gasteiger partial charge in [-0.3, -0.25) is 0 Å². The Balaban J connectivity index is 1.64. The average molecular weight is 490 g/mol. The van der Waals surface area contributed by atoms with Crippen LogP contribution in [0.15, 0.2) is 56.9 Å². The summed E-state index contributed by atoms with van der Waals surface area (Å²) in [7, 11) is -2.07. The lowest BCUT2D eigenvalue weighted by atomic mass is 10.2. The molecule has 1 saturated heterocycles. The van der Waals surface area contributed by atoms with E-state index < -0.39 is 9.84 Å². The number of aromatic nitrogens is 1. The van der Waals surface area contributed by atoms with E-state index in [1.807, 2.05) is 24.4 Å². The zero-order valence-corrected chi connectivity index (χ0v) is 19.2. The number of nitrogens with zero attached hydrogens (tertiary/aromatic N) is 2. The van der Waals surface area contributed by atoms with Gasteiger partial charge < -0.3 is 19.5 Å². The molecule has 0 amide bonds. The molecular formula is C22H24BrN3O3S. The molecule has 5 rings (SSSR count). The lowest BCUT2D eigenvalue weighted by Crippen LogP contribution is -2.43. The van der Waals surface area contributed by atoms with E-state index in [1.165, 1.54) is 0 Å². The van der Waals surface area contributed by atoms with E-state index in [9.17, 15) is 8.42 Å². The summed E-state index contributed by atoms with van der Waals surface area (Å²) in [5.74, 6) is 0.694. The predicted octanol–water partition coefficient (Wildman–Crippen LogP) is 3.99. The number of benzene rings is 2. The summed E-state index contributed by atoms with van der Waals surface area (Å²) in [6.07, 6.45) is 4.00. The van der Waals surface area contributed by atoms with Crippen LogP contribution in [0.25, 0.3) is 10.9 Å². The molecule has 3 aromatic rings. The van der Waals surface area contributed by atoms with E-state index in [2.05, 4.69) is 30.7 Å². The van der Waals surface area contributed by atoms with Gasteiger partial charge in [0.05, 0.1) is 22.6 Å². The first-order valence-corrected chi connectivity index (χ1v) is 12.5. The van der Waals surface area contributed by atoms with Crippen molar-refractivity contribution < 1.29 is 13.2 Å². The van der Waals surface area contributed by atoms with Crippen molar-refractivity contribution in [2.75, 3.05) is 38.2 Å². The summed E-state index contributed by atoms with van der Waals surface area (Å²) in [5.41, 5.74) is 1.79. The predicted molar refractivity (Wildman–Crippen MR) is 121 cm³/mol. The number of ether oxygens (including phenoxy) is 1. The first-order valence-electron chi connectivity index (χ1n) is 10.2. The fourth-order valence-electron chi connectivity index (χ4n) is 4.18. The summed E-state index contributed by atoms with van der Waals surface area (Å²) in [6, 6.07) is 11.4. The minimum absolute atomic E-state index is 0.298. The summed E-state index contributed by atoms with van der Waals surface area (Å²) < 4.78 is 36.0. The second kappa shape index (κ2) is 7.59. The van der Waals surface area contributed by atoms with Gasteiger partial charge in [0.25, 0.3) is 0 Å². The van der Waals surface area contributed by atoms with E-state index >= 15 is 0 Å². The zero-order valence-electron chi connectivity index (χ0n) is 16.8. The fourth-order valence-corrected chi connectivity index (χ4v) is 6.02. The van der Waals surface area contributed by atoms with Gasteiger partial charge in [0.1, 0.15) is 5.75 Å². The Morgan fingerprint density at radius 1 is 1.10 bits per heavy atom. The molecular weight excluding hydrogens is 466 g/mol. The minimum atomic E-state index is -3.69. The molecule has 1 aliphatic carbocycles. The van der Waals surface area contributed by atoms with Gasteiger partial charge in [-0.15, -0.1) is 0 Å². The summed E-state index contributed by atoms with van der Waals surface area (Å²) >= 11 is 3.50. The van der Waals surface area contributed by atoms with Crippen LogP contribution in [0.1, 0.15) is 18.9 Å². The van der Waals surface area contributed by atoms with Gasteiger partial charge in [-0.25, -0.2) is 8.42 Å². The highest BCUT2D eigenvalue weighted by molar-refractivity contribution is 9.10. The number of sulfone groups is 1. The van der Waals surface area contributed by atoms with Crippen LogP contribution in [0.5, 0.6) is 5.75 Å². The van der Waals surface area contributed by atoms with Crippen molar-refractivity contribution in [3.05, 3.63) is 47.1 Å². The van der Waals surface area contributed by atoms with Crippen LogP contribution < -0.4 is 15.0 Å². The maximum Gasteiger partial charge on any atom is 0.208 e. The lowest BCUT2D eigenvalue weighted by Gasteiger charge is -2.30. The van der Waals surface area contributed by atoms with E-state index in [0.29, 0.717) is 21.6 Å². The van der Waals surface area contributed by atoms with Crippen LogP contribution >= 0.6 is 15.9 Å². The molecule has 1 N–H and O–H groups in total. The van der Waals surface area contributed by atoms with Gasteiger partial charge in [-0.2, -0.15) is 0 Å². The molecule has 0 unspecified atom stereocenters. The van der Waals surface area contributed by atoms with Gasteiger partial charge in [0.2, 0.25) is 9.84 Å². The van der Waals surface area contributed by atoms with Crippen LogP contribution in [-0.2, 0) is 9.84 Å². The van der Waals surface area contributed by atoms with Crippen molar-refractivity contribution in [3.63, 3.8) is 0 Å². The third-order valence-electron chi connectivity index (χ3n) is 5.91. The Bertz CT molecular complexity index is 1210. The highest BCUT2D eigenvalue weighted by Gasteiger charge is 2.30. The Labute approximate surface area is 184 Å². The fraction of sp³-hybridized carbons (Fsp3) is 0.364. The first-order chi connectivity index (χ1) is 14.5. The average Bonchev–Trinajstić information content (AvgIpc) is 3.54. The summed E-state index contributed by atoms with van der Waals surface area (Å²) in [4.78, 5) is 2.84. The van der Waals surface area contributed by atoms with Gasteiger partial charge in [0.15, 0.2) is 0 Å². The molecule has 2 heterocycles. The van der Waals surface area contributed by atoms with Crippen molar-refractivity contribution in [2.24, 2.45) is 0 Å². The van der Waals surface area contributed by atoms with E-state index in [1.54, 1.807) is 25.3 Å². The Morgan fingerprint density at radius 2 is 1.87 bits per heavy atom. The van der Waals surface area contributed by atoms with Crippen molar-refractivity contribution in [2.45, 2.75) is 28.7 Å². The Kier molecular flexibility index (Phi) is 5.03. The molecule has 1 saturated carbocycles. The number of hydrogen-bond donors (Lipinski definition) is 1. The molecule has 158 valence electrons. The summed E-state index contributed by atoms with van der Waals surface area (Å²) in [5, 5.41) is 4.09. The molecule has 2 fully saturated rings. The second-order valence-corrected chi connectivity index (χ2v) is 10.7. The standard InChI is InChI=1S/C22H24BrN3O3S/c1-29-21-7-5-17(13-20(21)25-10-8-24-9-11-25)30(27,28)22-14-26(16-3-4-16)19-6-2-15(23)12-18(19)22/h2,5-7,12-14,16,24H,3-4,8-11H2,1H3. The van der Waals surface area contributed by atoms with Crippen LogP contribution in [0, 0.1) is 0 Å². The molecule has 6 nitrogen and oxygen atoms in total. The van der Waals surface area contributed by atoms with Crippen molar-refractivity contribution in [1.82, 2.24) is 9.88 Å². The quantitative estimate of drug-likeness (QED) is 0.586. The van der Waals surface area contributed by atoms with E-state index in [-0.39, 0.29) is 0 Å². The number of anilines is 1. The zero-order chi connectivity index (χ0) is 20.9. The topological polar surface area (TPSA) is 63.6 Å². The largest absolute Gasteiger partial charge is 0.495 e. The van der Waals surface area contributed by atoms with Crippen LogP contribution in [0.2, 0.25) is 0 Å². The molecule has 2 aliphatic rings. The highest BCUT2D eigenvalue weighted by atomic mass is 79.9. The molecule has 2 aromatic carbocycles. The Hall–Kier alpha value is -2.03. The highest BCUT2D eigenvalue weighted by Crippen LogP contribution is 2.42. The molecule has 1 aromatic heterocycles. The smallest absolute Gasteiger partial charge is 0.208 e. The number of fused-ring (bicyclic) bond motifs is 1. The van der Waals surface area contributed by atoms with Crippen LogP contribution in [0.3, 0.4) is 0 Å². The molecule has 1 aliphatic heterocycles. The maximum atomic E-state index is 13.7. The van der Waals surface area contributed by atoms with E-state index in [4.69, 9.17) is 4.74 Å². The van der Waals surface area contributed by atoms with Crippen LogP contribution in [0.4, 0.5) is 5.69 Å². The van der Waals surface area contributed by atoms with E-state index in [0.717, 1.165) is 60.1 Å². The monoisotopic (exact) mass is 489 g/mol. The molecule has 8 heteroatoms. The van der Waals surface area contributed by atoms with Crippen molar-refractivity contribution in [1.29, 1.82) is 0 Å². The molecule has 30 heavy (non-hydrogen) atoms. The van der Waals surface area contributed by atoms with Gasteiger partial charge >= 0.3 is 0 Å². The minimum Gasteiger partial charge on any atom is -0.495 e. The lowest BCUT2D eigenvalue weighted by molar-refractivity contribution is 0.412. The number of piperazine rings is 1. The molecule has 0 spiro atoms. The number of halogens is 1. The normalized spacial score (nSPS) is 17.5. The third kappa shape index (κ3) is 3.40. The van der Waals surface area contributed by atoms with Gasteiger partial charge in [-0.05, 0) is 49.2 Å². The SMILES string of the molecule is COc1ccc(S(=O)(=O)c2cn(C3CC3)c3ccc(Br)cc23)cc1N1CCNCC1. The van der Waals surface area contributed by atoms with Gasteiger partial charge in [0, 0.05) is 53.8 Å². The van der Waals surface area contributed by atoms with Gasteiger partial charge in [-0.1, -0.05) is 15.9 Å². The third-order valence-corrected chi connectivity index (χ3v) is 8.18. The number of methoxy groups -OCH3 is 1. The Morgan fingerprint density at radius 3 is 2.57 bits per heavy atom. The second-order valence-electron chi connectivity index (χ2n) is 7.87. The molecule has 0 bridgehead atoms. The first kappa shape index (κ1) is 19.9.